The second-order valence-electron chi connectivity index (χ2n) is 8.40. The molecule has 0 atom stereocenters. The number of nitrogens with one attached hydrogen (secondary N) is 1. The molecule has 0 fully saturated rings. The fourth-order valence-electron chi connectivity index (χ4n) is 3.94. The van der Waals surface area contributed by atoms with Gasteiger partial charge in [0.25, 0.3) is 10.0 Å². The molecule has 3 rings (SSSR count). The molecule has 0 bridgehead atoms. The Labute approximate surface area is 213 Å². The molecular weight excluding hydrogens is 509 g/mol. The number of sulfonamides is 1. The molecule has 0 spiro atoms. The first-order chi connectivity index (χ1) is 17.3. The Morgan fingerprint density at radius 1 is 0.919 bits per heavy atom. The van der Waals surface area contributed by atoms with Crippen molar-refractivity contribution in [2.75, 3.05) is 30.4 Å². The number of methoxy groups -OCH3 is 2. The van der Waals surface area contributed by atoms with Crippen LogP contribution >= 0.6 is 0 Å². The van der Waals surface area contributed by atoms with Gasteiger partial charge in [-0.05, 0) is 62.2 Å². The zero-order valence-electron chi connectivity index (χ0n) is 20.9. The Morgan fingerprint density at radius 2 is 1.54 bits per heavy atom. The summed E-state index contributed by atoms with van der Waals surface area (Å²) in [5.74, 6) is -0.366. The highest BCUT2D eigenvalue weighted by molar-refractivity contribution is 7.92. The van der Waals surface area contributed by atoms with E-state index in [1.165, 1.54) is 38.5 Å². The number of hydrogen-bond donors (Lipinski definition) is 1. The third-order valence-corrected chi connectivity index (χ3v) is 7.40. The zero-order valence-corrected chi connectivity index (χ0v) is 21.8. The number of nitrogens with zero attached hydrogens (tertiary/aromatic N) is 1. The Balaban J connectivity index is 2.09. The van der Waals surface area contributed by atoms with Crippen LogP contribution in [-0.2, 0) is 21.0 Å². The standard InChI is InChI=1S/C26H27F3N2O5S/c1-16-11-17(2)25(18(3)12-16)30-24(32)15-31(20-8-6-7-19(13-20)26(27,28)29)37(33,34)21-9-10-22(35-4)23(14-21)36-5/h6-14H,15H2,1-5H3,(H,30,32). The summed E-state index contributed by atoms with van der Waals surface area (Å²) in [6.07, 6.45) is -4.72. The molecule has 0 aromatic heterocycles. The number of carbonyl (C=O) groups excluding carboxylic acids is 1. The monoisotopic (exact) mass is 536 g/mol. The molecule has 0 aliphatic heterocycles. The largest absolute Gasteiger partial charge is 0.493 e. The summed E-state index contributed by atoms with van der Waals surface area (Å²) in [6, 6.07) is 11.3. The summed E-state index contributed by atoms with van der Waals surface area (Å²) in [7, 11) is -1.83. The average molecular weight is 537 g/mol. The second kappa shape index (κ2) is 10.7. The van der Waals surface area contributed by atoms with E-state index in [2.05, 4.69) is 5.32 Å². The van der Waals surface area contributed by atoms with Crippen LogP contribution in [0.5, 0.6) is 11.5 Å². The van der Waals surface area contributed by atoms with Crippen molar-refractivity contribution in [3.63, 3.8) is 0 Å². The number of carbonyl (C=O) groups is 1. The first-order valence-corrected chi connectivity index (χ1v) is 12.5. The summed E-state index contributed by atoms with van der Waals surface area (Å²) >= 11 is 0. The fraction of sp³-hybridized carbons (Fsp3) is 0.269. The average Bonchev–Trinajstić information content (AvgIpc) is 2.83. The van der Waals surface area contributed by atoms with Crippen LogP contribution in [-0.4, -0.2) is 35.1 Å². The van der Waals surface area contributed by atoms with Gasteiger partial charge >= 0.3 is 6.18 Å². The maximum Gasteiger partial charge on any atom is 0.416 e. The van der Waals surface area contributed by atoms with E-state index < -0.39 is 34.2 Å². The van der Waals surface area contributed by atoms with Crippen LogP contribution in [0.2, 0.25) is 0 Å². The van der Waals surface area contributed by atoms with Gasteiger partial charge in [-0.2, -0.15) is 13.2 Å². The van der Waals surface area contributed by atoms with E-state index in [0.29, 0.717) is 16.1 Å². The van der Waals surface area contributed by atoms with E-state index in [1.54, 1.807) is 13.8 Å². The van der Waals surface area contributed by atoms with Crippen LogP contribution in [0.1, 0.15) is 22.3 Å². The van der Waals surface area contributed by atoms with Crippen molar-refractivity contribution < 1.29 is 35.9 Å². The molecule has 11 heteroatoms. The first kappa shape index (κ1) is 27.9. The predicted octanol–water partition coefficient (Wildman–Crippen LogP) is 5.48. The predicted molar refractivity (Wildman–Crippen MR) is 135 cm³/mol. The van der Waals surface area contributed by atoms with Gasteiger partial charge in [-0.1, -0.05) is 23.8 Å². The van der Waals surface area contributed by atoms with Crippen molar-refractivity contribution in [3.05, 3.63) is 76.9 Å². The number of rotatable bonds is 8. The minimum absolute atomic E-state index is 0.0999. The van der Waals surface area contributed by atoms with Gasteiger partial charge in [0.15, 0.2) is 11.5 Å². The van der Waals surface area contributed by atoms with E-state index in [9.17, 15) is 26.4 Å². The van der Waals surface area contributed by atoms with Crippen molar-refractivity contribution in [2.45, 2.75) is 31.8 Å². The van der Waals surface area contributed by atoms with E-state index in [4.69, 9.17) is 9.47 Å². The van der Waals surface area contributed by atoms with Crippen LogP contribution in [0.15, 0.2) is 59.5 Å². The minimum Gasteiger partial charge on any atom is -0.493 e. The summed E-state index contributed by atoms with van der Waals surface area (Å²) in [4.78, 5) is 12.8. The van der Waals surface area contributed by atoms with Gasteiger partial charge in [-0.15, -0.1) is 0 Å². The van der Waals surface area contributed by atoms with Gasteiger partial charge in [-0.25, -0.2) is 8.42 Å². The molecular formula is C26H27F3N2O5S. The number of amides is 1. The number of aryl methyl sites for hydroxylation is 3. The number of halogens is 3. The lowest BCUT2D eigenvalue weighted by atomic mass is 10.1. The summed E-state index contributed by atoms with van der Waals surface area (Å²) in [5, 5.41) is 2.70. The quantitative estimate of drug-likeness (QED) is 0.412. The van der Waals surface area contributed by atoms with Gasteiger partial charge in [0, 0.05) is 11.8 Å². The van der Waals surface area contributed by atoms with Crippen LogP contribution in [0, 0.1) is 20.8 Å². The van der Waals surface area contributed by atoms with Gasteiger partial charge in [0.2, 0.25) is 5.91 Å². The van der Waals surface area contributed by atoms with Crippen molar-refractivity contribution >= 4 is 27.3 Å². The highest BCUT2D eigenvalue weighted by Gasteiger charge is 2.33. The lowest BCUT2D eigenvalue weighted by molar-refractivity contribution is -0.137. The van der Waals surface area contributed by atoms with E-state index in [0.717, 1.165) is 28.8 Å². The molecule has 3 aromatic rings. The van der Waals surface area contributed by atoms with Gasteiger partial charge in [0.1, 0.15) is 6.54 Å². The highest BCUT2D eigenvalue weighted by Crippen LogP contribution is 2.35. The molecule has 0 saturated carbocycles. The third kappa shape index (κ3) is 6.16. The number of alkyl halides is 3. The first-order valence-electron chi connectivity index (χ1n) is 11.1. The number of anilines is 2. The molecule has 0 unspecified atom stereocenters. The highest BCUT2D eigenvalue weighted by atomic mass is 32.2. The van der Waals surface area contributed by atoms with Crippen molar-refractivity contribution in [1.82, 2.24) is 0 Å². The molecule has 3 aromatic carbocycles. The Bertz CT molecular complexity index is 1400. The van der Waals surface area contributed by atoms with Crippen molar-refractivity contribution in [3.8, 4) is 11.5 Å². The normalized spacial score (nSPS) is 11.7. The fourth-order valence-corrected chi connectivity index (χ4v) is 5.37. The Kier molecular flexibility index (Phi) is 8.06. The second-order valence-corrected chi connectivity index (χ2v) is 10.3. The lowest BCUT2D eigenvalue weighted by Gasteiger charge is -2.25. The minimum atomic E-state index is -4.72. The van der Waals surface area contributed by atoms with Crippen LogP contribution in [0.25, 0.3) is 0 Å². The molecule has 1 amide bonds. The number of hydrogen-bond acceptors (Lipinski definition) is 5. The molecule has 0 aliphatic rings. The zero-order chi connectivity index (χ0) is 27.5. The Morgan fingerprint density at radius 3 is 2.11 bits per heavy atom. The van der Waals surface area contributed by atoms with Crippen LogP contribution in [0.3, 0.4) is 0 Å². The smallest absolute Gasteiger partial charge is 0.416 e. The summed E-state index contributed by atoms with van der Waals surface area (Å²) in [6.45, 7) is 4.71. The number of ether oxygens (including phenoxy) is 2. The van der Waals surface area contributed by atoms with Crippen molar-refractivity contribution in [1.29, 1.82) is 0 Å². The summed E-state index contributed by atoms with van der Waals surface area (Å²) < 4.78 is 78.6. The van der Waals surface area contributed by atoms with Gasteiger partial charge in [0.05, 0.1) is 30.4 Å². The summed E-state index contributed by atoms with van der Waals surface area (Å²) in [5.41, 5.74) is 1.64. The maximum absolute atomic E-state index is 13.7. The van der Waals surface area contributed by atoms with Gasteiger partial charge in [-0.3, -0.25) is 9.10 Å². The molecule has 0 radical (unpaired) electrons. The van der Waals surface area contributed by atoms with Crippen LogP contribution in [0.4, 0.5) is 24.5 Å². The molecule has 1 N–H and O–H groups in total. The maximum atomic E-state index is 13.7. The van der Waals surface area contributed by atoms with Crippen molar-refractivity contribution in [2.24, 2.45) is 0 Å². The molecule has 198 valence electrons. The van der Waals surface area contributed by atoms with E-state index in [1.807, 2.05) is 19.1 Å². The third-order valence-electron chi connectivity index (χ3n) is 5.63. The molecule has 7 nitrogen and oxygen atoms in total. The van der Waals surface area contributed by atoms with E-state index in [-0.39, 0.29) is 22.1 Å². The SMILES string of the molecule is COc1ccc(S(=O)(=O)N(CC(=O)Nc2c(C)cc(C)cc2C)c2cccc(C(F)(F)F)c2)cc1OC. The Hall–Kier alpha value is -3.73. The van der Waals surface area contributed by atoms with Gasteiger partial charge < -0.3 is 14.8 Å². The molecule has 37 heavy (non-hydrogen) atoms. The van der Waals surface area contributed by atoms with E-state index >= 15 is 0 Å². The molecule has 0 aliphatic carbocycles. The molecule has 0 saturated heterocycles. The number of benzene rings is 3. The lowest BCUT2D eigenvalue weighted by Crippen LogP contribution is -2.38. The topological polar surface area (TPSA) is 84.9 Å². The molecule has 0 heterocycles. The van der Waals surface area contributed by atoms with Crippen LogP contribution < -0.4 is 19.1 Å².